The van der Waals surface area contributed by atoms with Crippen LogP contribution in [0, 0.1) is 0 Å². The normalized spacial score (nSPS) is 10.7. The van der Waals surface area contributed by atoms with Crippen LogP contribution in [0.25, 0.3) is 22.3 Å². The lowest BCUT2D eigenvalue weighted by Crippen LogP contribution is -2.18. The molecule has 7 nitrogen and oxygen atoms in total. The molecule has 0 saturated heterocycles. The van der Waals surface area contributed by atoms with Gasteiger partial charge in [0.2, 0.25) is 11.2 Å². The molecule has 0 fully saturated rings. The average Bonchev–Trinajstić information content (AvgIpc) is 2.79. The lowest BCUT2D eigenvalue weighted by Gasteiger charge is -2.12. The summed E-state index contributed by atoms with van der Waals surface area (Å²) in [5, 5.41) is 9.11. The summed E-state index contributed by atoms with van der Waals surface area (Å²) in [5.74, 6) is -0.210. The first kappa shape index (κ1) is 18.4. The van der Waals surface area contributed by atoms with Crippen LogP contribution in [0.3, 0.4) is 0 Å². The Bertz CT molecular complexity index is 1220. The van der Waals surface area contributed by atoms with Gasteiger partial charge < -0.3 is 9.15 Å². The molecule has 0 spiro atoms. The van der Waals surface area contributed by atoms with Gasteiger partial charge in [-0.1, -0.05) is 24.3 Å². The zero-order chi connectivity index (χ0) is 20.2. The minimum Gasteiger partial charge on any atom is -0.481 e. The van der Waals surface area contributed by atoms with E-state index in [4.69, 9.17) is 14.4 Å². The number of aromatic nitrogens is 1. The van der Waals surface area contributed by atoms with E-state index >= 15 is 0 Å². The molecule has 0 atom stereocenters. The predicted molar refractivity (Wildman–Crippen MR) is 106 cm³/mol. The summed E-state index contributed by atoms with van der Waals surface area (Å²) in [5.41, 5.74) is 3.43. The van der Waals surface area contributed by atoms with Gasteiger partial charge in [-0.3, -0.25) is 19.8 Å². The van der Waals surface area contributed by atoms with Crippen LogP contribution < -0.4 is 15.6 Å². The van der Waals surface area contributed by atoms with E-state index in [1.165, 1.54) is 0 Å². The molecule has 0 radical (unpaired) electrons. The Morgan fingerprint density at radius 2 is 1.86 bits per heavy atom. The van der Waals surface area contributed by atoms with Crippen LogP contribution >= 0.6 is 0 Å². The third-order valence-corrected chi connectivity index (χ3v) is 4.38. The number of benzene rings is 2. The van der Waals surface area contributed by atoms with Gasteiger partial charge in [-0.25, -0.2) is 5.48 Å². The average molecular weight is 388 g/mol. The van der Waals surface area contributed by atoms with Crippen LogP contribution in [0.5, 0.6) is 5.75 Å². The van der Waals surface area contributed by atoms with E-state index in [1.807, 2.05) is 0 Å². The van der Waals surface area contributed by atoms with Gasteiger partial charge in [-0.15, -0.1) is 0 Å². The van der Waals surface area contributed by atoms with Gasteiger partial charge >= 0.3 is 0 Å². The van der Waals surface area contributed by atoms with E-state index in [0.29, 0.717) is 27.9 Å². The Morgan fingerprint density at radius 1 is 1.07 bits per heavy atom. The molecular weight excluding hydrogens is 372 g/mol. The highest BCUT2D eigenvalue weighted by molar-refractivity contribution is 5.93. The summed E-state index contributed by atoms with van der Waals surface area (Å²) in [6, 6.07) is 17.0. The number of hydroxylamine groups is 1. The Labute approximate surface area is 165 Å². The second-order valence-electron chi connectivity index (χ2n) is 6.25. The van der Waals surface area contributed by atoms with Crippen molar-refractivity contribution in [1.82, 2.24) is 10.5 Å². The van der Waals surface area contributed by atoms with Gasteiger partial charge in [0, 0.05) is 23.5 Å². The topological polar surface area (TPSA) is 102 Å². The minimum atomic E-state index is -0.605. The molecule has 2 N–H and O–H groups in total. The number of nitrogens with one attached hydrogen (secondary N) is 1. The first-order chi connectivity index (χ1) is 14.2. The van der Waals surface area contributed by atoms with Gasteiger partial charge in [0.1, 0.15) is 12.2 Å². The fraction of sp³-hybridized carbons (Fsp3) is 0.0455. The number of para-hydroxylation sites is 1. The number of carbonyl (C=O) groups is 1. The maximum absolute atomic E-state index is 13.0. The predicted octanol–water partition coefficient (Wildman–Crippen LogP) is 3.55. The first-order valence-electron chi connectivity index (χ1n) is 8.80. The number of hydrogen-bond acceptors (Lipinski definition) is 6. The van der Waals surface area contributed by atoms with E-state index in [1.54, 1.807) is 78.5 Å². The Morgan fingerprint density at radius 3 is 2.59 bits per heavy atom. The maximum atomic E-state index is 13.0. The minimum absolute atomic E-state index is 0.0916. The van der Waals surface area contributed by atoms with Gasteiger partial charge in [-0.05, 0) is 42.0 Å². The fourth-order valence-corrected chi connectivity index (χ4v) is 2.92. The standard InChI is InChI=1S/C22H16N2O5/c25-19-17-5-1-2-6-18(17)29-20(16-4-3-11-23-12-16)21(19)28-13-14-7-9-15(10-8-14)22(26)24-27/h1-12,27H,13H2,(H,24,26). The fourth-order valence-electron chi connectivity index (χ4n) is 2.92. The molecule has 2 aromatic carbocycles. The number of ether oxygens (including phenoxy) is 1. The Balaban J connectivity index is 1.71. The van der Waals surface area contributed by atoms with E-state index < -0.39 is 5.91 Å². The number of rotatable bonds is 5. The van der Waals surface area contributed by atoms with E-state index in [2.05, 4.69) is 4.98 Å². The Kier molecular flexibility index (Phi) is 5.05. The molecule has 29 heavy (non-hydrogen) atoms. The number of nitrogens with zero attached hydrogens (tertiary/aromatic N) is 1. The van der Waals surface area contributed by atoms with Crippen LogP contribution in [0.15, 0.2) is 82.3 Å². The molecule has 2 heterocycles. The summed E-state index contributed by atoms with van der Waals surface area (Å²) in [6.07, 6.45) is 3.23. The molecule has 0 aliphatic heterocycles. The number of hydrogen-bond donors (Lipinski definition) is 2. The monoisotopic (exact) mass is 388 g/mol. The number of amides is 1. The molecule has 0 aliphatic rings. The van der Waals surface area contributed by atoms with Crippen molar-refractivity contribution in [2.45, 2.75) is 6.61 Å². The van der Waals surface area contributed by atoms with Crippen molar-refractivity contribution in [2.75, 3.05) is 0 Å². The van der Waals surface area contributed by atoms with Crippen molar-refractivity contribution in [1.29, 1.82) is 0 Å². The molecule has 0 bridgehead atoms. The molecule has 0 unspecified atom stereocenters. The Hall–Kier alpha value is -3.97. The van der Waals surface area contributed by atoms with Crippen LogP contribution in [-0.4, -0.2) is 16.1 Å². The van der Waals surface area contributed by atoms with Crippen molar-refractivity contribution in [3.63, 3.8) is 0 Å². The molecule has 4 rings (SSSR count). The largest absolute Gasteiger partial charge is 0.481 e. The van der Waals surface area contributed by atoms with Crippen LogP contribution in [0.4, 0.5) is 0 Å². The highest BCUT2D eigenvalue weighted by Gasteiger charge is 2.18. The molecule has 4 aromatic rings. The van der Waals surface area contributed by atoms with Crippen molar-refractivity contribution < 1.29 is 19.2 Å². The molecule has 1 amide bonds. The zero-order valence-electron chi connectivity index (χ0n) is 15.2. The highest BCUT2D eigenvalue weighted by atomic mass is 16.5. The van der Waals surface area contributed by atoms with Crippen molar-refractivity contribution in [3.05, 3.63) is 94.4 Å². The summed E-state index contributed by atoms with van der Waals surface area (Å²) < 4.78 is 11.8. The van der Waals surface area contributed by atoms with Gasteiger partial charge in [0.25, 0.3) is 5.91 Å². The van der Waals surface area contributed by atoms with Gasteiger partial charge in [-0.2, -0.15) is 0 Å². The van der Waals surface area contributed by atoms with Crippen molar-refractivity contribution in [3.8, 4) is 17.1 Å². The second-order valence-corrected chi connectivity index (χ2v) is 6.25. The molecule has 0 saturated carbocycles. The molecule has 7 heteroatoms. The third-order valence-electron chi connectivity index (χ3n) is 4.38. The van der Waals surface area contributed by atoms with E-state index in [-0.39, 0.29) is 17.8 Å². The van der Waals surface area contributed by atoms with Crippen LogP contribution in [0.1, 0.15) is 15.9 Å². The zero-order valence-corrected chi connectivity index (χ0v) is 15.2. The SMILES string of the molecule is O=C(NO)c1ccc(COc2c(-c3cccnc3)oc3ccccc3c2=O)cc1. The lowest BCUT2D eigenvalue weighted by molar-refractivity contribution is 0.0706. The summed E-state index contributed by atoms with van der Waals surface area (Å²) >= 11 is 0. The third kappa shape index (κ3) is 3.71. The van der Waals surface area contributed by atoms with Crippen LogP contribution in [-0.2, 0) is 6.61 Å². The number of fused-ring (bicyclic) bond motifs is 1. The van der Waals surface area contributed by atoms with Gasteiger partial charge in [0.15, 0.2) is 5.76 Å². The smallest absolute Gasteiger partial charge is 0.274 e. The summed E-state index contributed by atoms with van der Waals surface area (Å²) in [6.45, 7) is 0.0946. The first-order valence-corrected chi connectivity index (χ1v) is 8.80. The number of pyridine rings is 1. The van der Waals surface area contributed by atoms with Crippen molar-refractivity contribution in [2.24, 2.45) is 0 Å². The quantitative estimate of drug-likeness (QED) is 0.400. The molecule has 0 aliphatic carbocycles. The van der Waals surface area contributed by atoms with Crippen molar-refractivity contribution >= 4 is 16.9 Å². The van der Waals surface area contributed by atoms with Gasteiger partial charge in [0.05, 0.1) is 5.39 Å². The van der Waals surface area contributed by atoms with Crippen LogP contribution in [0.2, 0.25) is 0 Å². The second kappa shape index (κ2) is 7.95. The maximum Gasteiger partial charge on any atom is 0.274 e. The summed E-state index contributed by atoms with van der Waals surface area (Å²) in [7, 11) is 0. The van der Waals surface area contributed by atoms with E-state index in [9.17, 15) is 9.59 Å². The molecular formula is C22H16N2O5. The lowest BCUT2D eigenvalue weighted by atomic mass is 10.1. The summed E-state index contributed by atoms with van der Waals surface area (Å²) in [4.78, 5) is 28.6. The number of carbonyl (C=O) groups excluding carboxylic acids is 1. The molecule has 144 valence electrons. The van der Waals surface area contributed by atoms with E-state index in [0.717, 1.165) is 5.56 Å². The highest BCUT2D eigenvalue weighted by Crippen LogP contribution is 2.30. The molecule has 2 aromatic heterocycles.